The number of amides is 1. The normalized spacial score (nSPS) is 12.7. The van der Waals surface area contributed by atoms with Crippen LogP contribution in [0.1, 0.15) is 56.5 Å². The number of anilines is 2. The summed E-state index contributed by atoms with van der Waals surface area (Å²) in [5.41, 5.74) is 0.322. The highest BCUT2D eigenvalue weighted by atomic mass is 19.2. The fourth-order valence-corrected chi connectivity index (χ4v) is 3.10. The van der Waals surface area contributed by atoms with E-state index in [2.05, 4.69) is 17.6 Å². The highest BCUT2D eigenvalue weighted by molar-refractivity contribution is 6.00. The average molecular weight is 452 g/mol. The molecule has 0 saturated carbocycles. The van der Waals surface area contributed by atoms with E-state index in [0.717, 1.165) is 12.6 Å². The van der Waals surface area contributed by atoms with Gasteiger partial charge in [0, 0.05) is 13.1 Å². The number of likely N-dealkylation sites (tertiary alicyclic amines) is 1. The van der Waals surface area contributed by atoms with Crippen molar-refractivity contribution in [1.82, 2.24) is 10.2 Å². The van der Waals surface area contributed by atoms with Crippen LogP contribution in [0.15, 0.2) is 30.3 Å². The van der Waals surface area contributed by atoms with Gasteiger partial charge in [-0.05, 0) is 62.7 Å². The molecular weight excluding hydrogens is 415 g/mol. The maximum Gasteiger partial charge on any atom is 0.256 e. The minimum Gasteiger partial charge on any atom is -0.350 e. The van der Waals surface area contributed by atoms with Gasteiger partial charge in [-0.3, -0.25) is 4.79 Å². The number of carbonyl (C=O) groups excluding carboxylic acids is 1. The first kappa shape index (κ1) is 27.5. The van der Waals surface area contributed by atoms with Crippen molar-refractivity contribution in [3.63, 3.8) is 0 Å². The summed E-state index contributed by atoms with van der Waals surface area (Å²) in [5, 5.41) is 5.60. The Morgan fingerprint density at radius 3 is 2.25 bits per heavy atom. The molecule has 0 unspecified atom stereocenters. The molecule has 1 saturated heterocycles. The zero-order chi connectivity index (χ0) is 24.3. The number of hydrogen-bond acceptors (Lipinski definition) is 3. The Labute approximate surface area is 190 Å². The van der Waals surface area contributed by atoms with Crippen LogP contribution in [0, 0.1) is 30.3 Å². The van der Waals surface area contributed by atoms with Crippen LogP contribution < -0.4 is 10.6 Å². The Hall–Kier alpha value is -2.54. The van der Waals surface area contributed by atoms with Crippen LogP contribution in [0.25, 0.3) is 0 Å². The molecule has 1 heterocycles. The lowest BCUT2D eigenvalue weighted by atomic mass is 10.0. The second kappa shape index (κ2) is 13.8. The van der Waals surface area contributed by atoms with Crippen molar-refractivity contribution in [2.45, 2.75) is 47.5 Å². The third kappa shape index (κ3) is 7.55. The molecule has 0 radical (unpaired) electrons. The lowest BCUT2D eigenvalue weighted by Crippen LogP contribution is -2.48. The molecule has 1 amide bonds. The summed E-state index contributed by atoms with van der Waals surface area (Å²) in [6.45, 7) is 12.2. The Bertz CT molecular complexity index is 864. The van der Waals surface area contributed by atoms with E-state index in [1.54, 1.807) is 17.9 Å². The molecule has 0 spiro atoms. The molecule has 4 nitrogen and oxygen atoms in total. The van der Waals surface area contributed by atoms with Gasteiger partial charge in [0.1, 0.15) is 5.82 Å². The van der Waals surface area contributed by atoms with Gasteiger partial charge in [0.2, 0.25) is 0 Å². The summed E-state index contributed by atoms with van der Waals surface area (Å²) in [6.07, 6.45) is 2.59. The number of benzene rings is 2. The van der Waals surface area contributed by atoms with Gasteiger partial charge in [0.15, 0.2) is 11.6 Å². The van der Waals surface area contributed by atoms with E-state index in [4.69, 9.17) is 0 Å². The van der Waals surface area contributed by atoms with E-state index >= 15 is 0 Å². The Kier molecular flexibility index (Phi) is 11.8. The van der Waals surface area contributed by atoms with Gasteiger partial charge in [-0.15, -0.1) is 0 Å². The highest BCUT2D eigenvalue weighted by Gasteiger charge is 2.30. The number of nitrogens with one attached hydrogen (secondary N) is 2. The minimum atomic E-state index is -1.20. The van der Waals surface area contributed by atoms with Crippen molar-refractivity contribution in [1.29, 1.82) is 0 Å². The monoisotopic (exact) mass is 451 g/mol. The molecule has 7 heteroatoms. The van der Waals surface area contributed by atoms with E-state index in [9.17, 15) is 18.0 Å². The van der Waals surface area contributed by atoms with E-state index in [1.165, 1.54) is 31.0 Å². The van der Waals surface area contributed by atoms with Gasteiger partial charge in [-0.25, -0.2) is 13.2 Å². The van der Waals surface area contributed by atoms with Crippen LogP contribution in [0.3, 0.4) is 0 Å². The number of hydrogen-bond donors (Lipinski definition) is 2. The van der Waals surface area contributed by atoms with Crippen LogP contribution in [-0.4, -0.2) is 37.5 Å². The van der Waals surface area contributed by atoms with Gasteiger partial charge in [-0.2, -0.15) is 0 Å². The molecule has 3 rings (SSSR count). The fourth-order valence-electron chi connectivity index (χ4n) is 3.10. The van der Waals surface area contributed by atoms with Gasteiger partial charge < -0.3 is 15.5 Å². The quantitative estimate of drug-likeness (QED) is 0.508. The molecule has 1 aliphatic rings. The summed E-state index contributed by atoms with van der Waals surface area (Å²) in [4.78, 5) is 14.0. The van der Waals surface area contributed by atoms with Crippen LogP contribution in [0.5, 0.6) is 0 Å². The van der Waals surface area contributed by atoms with Crippen LogP contribution in [0.2, 0.25) is 0 Å². The topological polar surface area (TPSA) is 44.4 Å². The fraction of sp³-hybridized carbons (Fsp3) is 0.480. The zero-order valence-corrected chi connectivity index (χ0v) is 20.0. The zero-order valence-electron chi connectivity index (χ0n) is 20.0. The Morgan fingerprint density at radius 2 is 1.75 bits per heavy atom. The number of nitrogens with zero attached hydrogens (tertiary/aromatic N) is 1. The summed E-state index contributed by atoms with van der Waals surface area (Å²) < 4.78 is 41.9. The summed E-state index contributed by atoms with van der Waals surface area (Å²) in [7, 11) is 1.98. The first-order valence-corrected chi connectivity index (χ1v) is 11.2. The molecule has 178 valence electrons. The molecule has 32 heavy (non-hydrogen) atoms. The smallest absolute Gasteiger partial charge is 0.256 e. The number of rotatable bonds is 6. The Balaban J connectivity index is 0.000000556. The van der Waals surface area contributed by atoms with Gasteiger partial charge in [0.25, 0.3) is 5.91 Å². The average Bonchev–Trinajstić information content (AvgIpc) is 2.76. The van der Waals surface area contributed by atoms with Crippen LogP contribution in [0.4, 0.5) is 24.5 Å². The number of halogens is 3. The molecule has 1 fully saturated rings. The second-order valence-electron chi connectivity index (χ2n) is 7.66. The molecule has 0 bridgehead atoms. The van der Waals surface area contributed by atoms with E-state index in [1.807, 2.05) is 27.8 Å². The predicted molar refractivity (Wildman–Crippen MR) is 126 cm³/mol. The summed E-state index contributed by atoms with van der Waals surface area (Å²) in [5.74, 6) is -2.92. The largest absolute Gasteiger partial charge is 0.350 e. The SMILES string of the molecule is CC.CCCCNC.Cc1ccc(Nc2c(C(=O)N3CC(C)C3)ccc(F)c2F)c(F)c1. The van der Waals surface area contributed by atoms with Crippen molar-refractivity contribution in [2.75, 3.05) is 32.0 Å². The first-order valence-electron chi connectivity index (χ1n) is 11.2. The van der Waals surface area contributed by atoms with Crippen molar-refractivity contribution in [3.8, 4) is 0 Å². The number of unbranched alkanes of at least 4 members (excludes halogenated alkanes) is 1. The van der Waals surface area contributed by atoms with Crippen molar-refractivity contribution in [3.05, 3.63) is 58.9 Å². The molecule has 0 aromatic heterocycles. The number of aryl methyl sites for hydroxylation is 1. The molecule has 2 aromatic carbocycles. The standard InChI is InChI=1S/C18H17F3N2O.C5H13N.C2H6/c1-10-3-6-15(14(20)7-10)22-17-12(4-5-13(19)16(17)21)18(24)23-8-11(2)9-23;1-3-4-5-6-2;1-2/h3-7,11,22H,8-9H2,1-2H3;6H,3-5H2,1-2H3;1-2H3. The van der Waals surface area contributed by atoms with Crippen molar-refractivity contribution < 1.29 is 18.0 Å². The van der Waals surface area contributed by atoms with Gasteiger partial charge in [-0.1, -0.05) is 40.2 Å². The first-order chi connectivity index (χ1) is 15.3. The highest BCUT2D eigenvalue weighted by Crippen LogP contribution is 2.30. The van der Waals surface area contributed by atoms with Gasteiger partial charge >= 0.3 is 0 Å². The Morgan fingerprint density at radius 1 is 1.09 bits per heavy atom. The van der Waals surface area contributed by atoms with Gasteiger partial charge in [0.05, 0.1) is 16.9 Å². The molecular formula is C25H36F3N3O. The number of carbonyl (C=O) groups is 1. The maximum absolute atomic E-state index is 14.3. The van der Waals surface area contributed by atoms with Crippen molar-refractivity contribution in [2.24, 2.45) is 5.92 Å². The summed E-state index contributed by atoms with van der Waals surface area (Å²) >= 11 is 0. The maximum atomic E-state index is 14.3. The minimum absolute atomic E-state index is 0.0132. The van der Waals surface area contributed by atoms with Crippen LogP contribution >= 0.6 is 0 Å². The van der Waals surface area contributed by atoms with E-state index in [-0.39, 0.29) is 16.9 Å². The van der Waals surface area contributed by atoms with Crippen molar-refractivity contribution >= 4 is 17.3 Å². The predicted octanol–water partition coefficient (Wildman–Crippen LogP) is 6.28. The lowest BCUT2D eigenvalue weighted by Gasteiger charge is -2.37. The van der Waals surface area contributed by atoms with Crippen LogP contribution in [-0.2, 0) is 0 Å². The summed E-state index contributed by atoms with van der Waals surface area (Å²) in [6, 6.07) is 6.47. The van der Waals surface area contributed by atoms with E-state index < -0.39 is 23.4 Å². The second-order valence-corrected chi connectivity index (χ2v) is 7.66. The molecule has 0 aliphatic carbocycles. The lowest BCUT2D eigenvalue weighted by molar-refractivity contribution is 0.0531. The third-order valence-corrected chi connectivity index (χ3v) is 4.84. The molecule has 0 atom stereocenters. The third-order valence-electron chi connectivity index (χ3n) is 4.84. The molecule has 2 N–H and O–H groups in total. The molecule has 2 aromatic rings. The van der Waals surface area contributed by atoms with E-state index in [0.29, 0.717) is 24.6 Å². The molecule has 1 aliphatic heterocycles.